The molecule has 0 unspecified atom stereocenters. The summed E-state index contributed by atoms with van der Waals surface area (Å²) in [6.45, 7) is 7.66. The fourth-order valence-corrected chi connectivity index (χ4v) is 3.53. The van der Waals surface area contributed by atoms with Crippen LogP contribution < -0.4 is 14.4 Å². The lowest BCUT2D eigenvalue weighted by Gasteiger charge is -2.20. The van der Waals surface area contributed by atoms with Gasteiger partial charge in [0.05, 0.1) is 23.9 Å². The molecular weight excluding hydrogens is 326 g/mol. The molecule has 0 aliphatic heterocycles. The Hall–Kier alpha value is -2.28. The maximum absolute atomic E-state index is 12.5. The molecule has 2 rings (SSSR count). The van der Waals surface area contributed by atoms with Crippen LogP contribution in [0.2, 0.25) is 0 Å². The van der Waals surface area contributed by atoms with E-state index in [0.717, 1.165) is 24.3 Å². The van der Waals surface area contributed by atoms with E-state index in [2.05, 4.69) is 28.5 Å². The van der Waals surface area contributed by atoms with Crippen molar-refractivity contribution in [1.29, 1.82) is 0 Å². The fourth-order valence-electron chi connectivity index (χ4n) is 2.44. The van der Waals surface area contributed by atoms with Crippen molar-refractivity contribution < 1.29 is 13.2 Å². The number of benzene rings is 1. The lowest BCUT2D eigenvalue weighted by molar-refractivity contribution is 0.411. The molecule has 1 heterocycles. The summed E-state index contributed by atoms with van der Waals surface area (Å²) >= 11 is 0. The number of nitrogens with zero attached hydrogens (tertiary/aromatic N) is 2. The number of aryl methyl sites for hydroxylation is 1. The smallest absolute Gasteiger partial charge is 0.263 e. The summed E-state index contributed by atoms with van der Waals surface area (Å²) in [5.74, 6) is 0.940. The number of anilines is 2. The van der Waals surface area contributed by atoms with Crippen LogP contribution in [-0.2, 0) is 10.0 Å². The molecule has 0 bridgehead atoms. The standard InChI is InChI=1S/C17H23N3O3S/c1-5-20(6-2)14-7-10-17(18-12-14)19-24(21,22)15-8-9-16(23-4)13(3)11-15/h7-12H,5-6H2,1-4H3,(H,18,19). The summed E-state index contributed by atoms with van der Waals surface area (Å²) in [5.41, 5.74) is 1.72. The monoisotopic (exact) mass is 349 g/mol. The van der Waals surface area contributed by atoms with E-state index >= 15 is 0 Å². The molecule has 130 valence electrons. The van der Waals surface area contributed by atoms with E-state index in [1.54, 1.807) is 38.4 Å². The van der Waals surface area contributed by atoms with Gasteiger partial charge in [0.1, 0.15) is 11.6 Å². The first-order valence-electron chi connectivity index (χ1n) is 7.79. The summed E-state index contributed by atoms with van der Waals surface area (Å²) in [5, 5.41) is 0. The molecule has 2 aromatic rings. The summed E-state index contributed by atoms with van der Waals surface area (Å²) in [4.78, 5) is 6.52. The highest BCUT2D eigenvalue weighted by molar-refractivity contribution is 7.92. The van der Waals surface area contributed by atoms with Gasteiger partial charge in [-0.05, 0) is 56.7 Å². The molecular formula is C17H23N3O3S. The van der Waals surface area contributed by atoms with Crippen LogP contribution in [0.25, 0.3) is 0 Å². The molecule has 0 saturated carbocycles. The molecule has 0 atom stereocenters. The van der Waals surface area contributed by atoms with Gasteiger partial charge in [-0.2, -0.15) is 0 Å². The minimum Gasteiger partial charge on any atom is -0.496 e. The van der Waals surface area contributed by atoms with Gasteiger partial charge in [-0.3, -0.25) is 4.72 Å². The largest absolute Gasteiger partial charge is 0.496 e. The second-order valence-corrected chi connectivity index (χ2v) is 6.99. The van der Waals surface area contributed by atoms with Gasteiger partial charge < -0.3 is 9.64 Å². The Morgan fingerprint density at radius 3 is 2.38 bits per heavy atom. The van der Waals surface area contributed by atoms with Gasteiger partial charge >= 0.3 is 0 Å². The highest BCUT2D eigenvalue weighted by Gasteiger charge is 2.16. The van der Waals surface area contributed by atoms with Crippen LogP contribution in [0.4, 0.5) is 11.5 Å². The lowest BCUT2D eigenvalue weighted by Crippen LogP contribution is -2.22. The zero-order valence-electron chi connectivity index (χ0n) is 14.4. The maximum Gasteiger partial charge on any atom is 0.263 e. The number of methoxy groups -OCH3 is 1. The minimum absolute atomic E-state index is 0.176. The van der Waals surface area contributed by atoms with Crippen LogP contribution in [0.5, 0.6) is 5.75 Å². The van der Waals surface area contributed by atoms with Crippen LogP contribution >= 0.6 is 0 Å². The van der Waals surface area contributed by atoms with Crippen molar-refractivity contribution in [2.24, 2.45) is 0 Å². The molecule has 24 heavy (non-hydrogen) atoms. The first kappa shape index (κ1) is 18.1. The Balaban J connectivity index is 2.21. The average molecular weight is 349 g/mol. The molecule has 0 saturated heterocycles. The van der Waals surface area contributed by atoms with E-state index in [0.29, 0.717) is 11.6 Å². The van der Waals surface area contributed by atoms with E-state index in [-0.39, 0.29) is 4.90 Å². The summed E-state index contributed by atoms with van der Waals surface area (Å²) in [6, 6.07) is 8.25. The van der Waals surface area contributed by atoms with Crippen molar-refractivity contribution in [1.82, 2.24) is 4.98 Å². The third-order valence-electron chi connectivity index (χ3n) is 3.79. The van der Waals surface area contributed by atoms with Crippen molar-refractivity contribution in [3.63, 3.8) is 0 Å². The van der Waals surface area contributed by atoms with E-state index in [1.165, 1.54) is 6.07 Å². The Kier molecular flexibility index (Phi) is 5.66. The molecule has 0 amide bonds. The number of aromatic nitrogens is 1. The molecule has 0 radical (unpaired) electrons. The minimum atomic E-state index is -3.69. The summed E-state index contributed by atoms with van der Waals surface area (Å²) in [6.07, 6.45) is 1.67. The van der Waals surface area contributed by atoms with Gasteiger partial charge in [0.2, 0.25) is 0 Å². The zero-order valence-corrected chi connectivity index (χ0v) is 15.2. The maximum atomic E-state index is 12.5. The van der Waals surface area contributed by atoms with E-state index in [4.69, 9.17) is 4.74 Å². The summed E-state index contributed by atoms with van der Waals surface area (Å²) in [7, 11) is -2.13. The second-order valence-electron chi connectivity index (χ2n) is 5.31. The van der Waals surface area contributed by atoms with Crippen LogP contribution in [0, 0.1) is 6.92 Å². The van der Waals surface area contributed by atoms with Crippen LogP contribution in [0.1, 0.15) is 19.4 Å². The number of hydrogen-bond acceptors (Lipinski definition) is 5. The van der Waals surface area contributed by atoms with Crippen molar-refractivity contribution >= 4 is 21.5 Å². The molecule has 1 aromatic carbocycles. The van der Waals surface area contributed by atoms with Crippen molar-refractivity contribution in [2.75, 3.05) is 29.8 Å². The van der Waals surface area contributed by atoms with Crippen LogP contribution in [0.3, 0.4) is 0 Å². The van der Waals surface area contributed by atoms with E-state index in [9.17, 15) is 8.42 Å². The predicted octanol–water partition coefficient (Wildman–Crippen LogP) is 3.05. The molecule has 0 aliphatic carbocycles. The highest BCUT2D eigenvalue weighted by atomic mass is 32.2. The SMILES string of the molecule is CCN(CC)c1ccc(NS(=O)(=O)c2ccc(OC)c(C)c2)nc1. The molecule has 6 nitrogen and oxygen atoms in total. The quantitative estimate of drug-likeness (QED) is 0.832. The molecule has 0 spiro atoms. The molecule has 1 aromatic heterocycles. The third-order valence-corrected chi connectivity index (χ3v) is 5.14. The van der Waals surface area contributed by atoms with E-state index < -0.39 is 10.0 Å². The van der Waals surface area contributed by atoms with Gasteiger partial charge in [-0.15, -0.1) is 0 Å². The number of hydrogen-bond donors (Lipinski definition) is 1. The predicted molar refractivity (Wildman–Crippen MR) is 96.3 cm³/mol. The molecule has 1 N–H and O–H groups in total. The molecule has 7 heteroatoms. The topological polar surface area (TPSA) is 71.5 Å². The second kappa shape index (κ2) is 7.53. The summed E-state index contributed by atoms with van der Waals surface area (Å²) < 4.78 is 32.6. The van der Waals surface area contributed by atoms with Crippen LogP contribution in [-0.4, -0.2) is 33.6 Å². The number of rotatable bonds is 7. The first-order chi connectivity index (χ1) is 11.4. The molecule has 0 fully saturated rings. The van der Waals surface area contributed by atoms with Gasteiger partial charge in [-0.1, -0.05) is 0 Å². The highest BCUT2D eigenvalue weighted by Crippen LogP contribution is 2.23. The fraction of sp³-hybridized carbons (Fsp3) is 0.353. The Labute approximate surface area is 143 Å². The Morgan fingerprint density at radius 1 is 1.17 bits per heavy atom. The Morgan fingerprint density at radius 2 is 1.88 bits per heavy atom. The third kappa shape index (κ3) is 3.97. The number of sulfonamides is 1. The number of ether oxygens (including phenoxy) is 1. The lowest BCUT2D eigenvalue weighted by atomic mass is 10.2. The van der Waals surface area contributed by atoms with Crippen LogP contribution in [0.15, 0.2) is 41.4 Å². The van der Waals surface area contributed by atoms with Gasteiger partial charge in [-0.25, -0.2) is 13.4 Å². The van der Waals surface area contributed by atoms with Crippen molar-refractivity contribution in [3.8, 4) is 5.75 Å². The van der Waals surface area contributed by atoms with Gasteiger partial charge in [0, 0.05) is 13.1 Å². The van der Waals surface area contributed by atoms with E-state index in [1.807, 2.05) is 6.07 Å². The average Bonchev–Trinajstić information content (AvgIpc) is 2.57. The molecule has 0 aliphatic rings. The number of nitrogens with one attached hydrogen (secondary N) is 1. The first-order valence-corrected chi connectivity index (χ1v) is 9.28. The normalized spacial score (nSPS) is 11.2. The Bertz CT molecular complexity index is 785. The van der Waals surface area contributed by atoms with Gasteiger partial charge in [0.15, 0.2) is 0 Å². The zero-order chi connectivity index (χ0) is 17.7. The van der Waals surface area contributed by atoms with Crippen molar-refractivity contribution in [2.45, 2.75) is 25.7 Å². The number of pyridine rings is 1. The van der Waals surface area contributed by atoms with Crippen molar-refractivity contribution in [3.05, 3.63) is 42.1 Å². The van der Waals surface area contributed by atoms with Gasteiger partial charge in [0.25, 0.3) is 10.0 Å².